The van der Waals surface area contributed by atoms with Gasteiger partial charge in [0.1, 0.15) is 5.54 Å². The smallest absolute Gasteiger partial charge is 0.379 e. The summed E-state index contributed by atoms with van der Waals surface area (Å²) in [7, 11) is 0. The third-order valence-electron chi connectivity index (χ3n) is 6.11. The number of nitrogens with zero attached hydrogens (tertiary/aromatic N) is 4. The molecule has 0 unspecified atom stereocenters. The quantitative estimate of drug-likeness (QED) is 0.425. The second-order valence-corrected chi connectivity index (χ2v) is 10.2. The molecule has 2 aliphatic rings. The molecule has 1 aromatic heterocycles. The Morgan fingerprint density at radius 1 is 1.14 bits per heavy atom. The van der Waals surface area contributed by atoms with Crippen LogP contribution >= 0.6 is 11.8 Å². The molecule has 4 rings (SSSR count). The zero-order valence-corrected chi connectivity index (χ0v) is 21.1. The van der Waals surface area contributed by atoms with Crippen LogP contribution in [0.4, 0.5) is 29.3 Å². The fourth-order valence-corrected chi connectivity index (χ4v) is 4.73. The molecule has 0 atom stereocenters. The Morgan fingerprint density at radius 3 is 2.46 bits per heavy atom. The number of carbonyl (C=O) groups is 3. The van der Waals surface area contributed by atoms with Crippen molar-refractivity contribution >= 4 is 41.0 Å². The molecule has 1 aromatic carbocycles. The number of ether oxygens (including phenoxy) is 1. The molecule has 2 aromatic rings. The first kappa shape index (κ1) is 26.9. The maximum Gasteiger partial charge on any atom is 0.446 e. The van der Waals surface area contributed by atoms with Crippen LogP contribution in [0.15, 0.2) is 47.6 Å². The van der Waals surface area contributed by atoms with E-state index < -0.39 is 28.9 Å². The van der Waals surface area contributed by atoms with Gasteiger partial charge in [0.15, 0.2) is 0 Å². The molecule has 198 valence electrons. The van der Waals surface area contributed by atoms with E-state index in [4.69, 9.17) is 4.74 Å². The Hall–Kier alpha value is -3.16. The van der Waals surface area contributed by atoms with Crippen LogP contribution < -0.4 is 10.2 Å². The van der Waals surface area contributed by atoms with Gasteiger partial charge in [-0.15, -0.1) is 0 Å². The highest BCUT2D eigenvalue weighted by molar-refractivity contribution is 8.00. The van der Waals surface area contributed by atoms with Crippen LogP contribution in [0.1, 0.15) is 19.4 Å². The number of anilines is 2. The van der Waals surface area contributed by atoms with Crippen molar-refractivity contribution in [2.75, 3.05) is 43.1 Å². The van der Waals surface area contributed by atoms with Gasteiger partial charge in [0, 0.05) is 36.9 Å². The van der Waals surface area contributed by atoms with E-state index in [0.717, 1.165) is 16.5 Å². The topological polar surface area (TPSA) is 95.1 Å². The summed E-state index contributed by atoms with van der Waals surface area (Å²) in [6.45, 7) is 5.29. The summed E-state index contributed by atoms with van der Waals surface area (Å²) >= 11 is -0.383. The average molecular weight is 538 g/mol. The van der Waals surface area contributed by atoms with Crippen LogP contribution in [0.2, 0.25) is 0 Å². The minimum absolute atomic E-state index is 0.0297. The van der Waals surface area contributed by atoms with Crippen molar-refractivity contribution in [2.24, 2.45) is 0 Å². The maximum absolute atomic E-state index is 13.4. The molecule has 4 amide bonds. The van der Waals surface area contributed by atoms with Crippen LogP contribution in [-0.2, 0) is 20.9 Å². The zero-order valence-electron chi connectivity index (χ0n) is 20.2. The molecule has 3 heterocycles. The molecule has 13 heteroatoms. The summed E-state index contributed by atoms with van der Waals surface area (Å²) in [5.41, 5.74) is -5.12. The summed E-state index contributed by atoms with van der Waals surface area (Å²) < 4.78 is 44.9. The minimum Gasteiger partial charge on any atom is -0.379 e. The first-order valence-electron chi connectivity index (χ1n) is 11.5. The molecule has 1 N–H and O–H groups in total. The zero-order chi connectivity index (χ0) is 26.8. The summed E-state index contributed by atoms with van der Waals surface area (Å²) in [5.74, 6) is -1.05. The third-order valence-corrected chi connectivity index (χ3v) is 6.91. The summed E-state index contributed by atoms with van der Waals surface area (Å²) in [6, 6.07) is 6.48. The molecule has 2 aliphatic heterocycles. The van der Waals surface area contributed by atoms with E-state index in [2.05, 4.69) is 10.3 Å². The highest BCUT2D eigenvalue weighted by Gasteiger charge is 2.51. The number of pyridine rings is 1. The van der Waals surface area contributed by atoms with Crippen molar-refractivity contribution in [1.29, 1.82) is 0 Å². The molecule has 0 aliphatic carbocycles. The van der Waals surface area contributed by atoms with Gasteiger partial charge < -0.3 is 15.0 Å². The number of rotatable bonds is 7. The maximum atomic E-state index is 13.4. The standard InChI is InChI=1S/C24H26F3N5O4S/c1-23(2)21(34)32(22(35)31(23)14-16-5-7-28-8-6-16)17-3-4-19(37-24(25,26)27)18(13-17)29-20(33)15-30-9-11-36-12-10-30/h3-8,13H,9-12,14-15H2,1-2H3,(H,29,33). The van der Waals surface area contributed by atoms with Crippen molar-refractivity contribution in [3.8, 4) is 0 Å². The Kier molecular flexibility index (Phi) is 7.76. The van der Waals surface area contributed by atoms with Crippen LogP contribution in [0, 0.1) is 0 Å². The minimum atomic E-state index is -4.60. The predicted octanol–water partition coefficient (Wildman–Crippen LogP) is 3.71. The van der Waals surface area contributed by atoms with Gasteiger partial charge in [0.05, 0.1) is 31.1 Å². The van der Waals surface area contributed by atoms with Crippen LogP contribution in [0.5, 0.6) is 0 Å². The second-order valence-electron chi connectivity index (χ2n) is 9.09. The molecule has 37 heavy (non-hydrogen) atoms. The van der Waals surface area contributed by atoms with Gasteiger partial charge in [-0.1, -0.05) is 0 Å². The Balaban J connectivity index is 1.61. The largest absolute Gasteiger partial charge is 0.446 e. The number of aromatic nitrogens is 1. The van der Waals surface area contributed by atoms with Gasteiger partial charge >= 0.3 is 11.5 Å². The number of thioether (sulfide) groups is 1. The number of nitrogens with one attached hydrogen (secondary N) is 1. The van der Waals surface area contributed by atoms with E-state index in [1.54, 1.807) is 38.4 Å². The van der Waals surface area contributed by atoms with Crippen molar-refractivity contribution in [2.45, 2.75) is 36.3 Å². The number of hydrogen-bond acceptors (Lipinski definition) is 7. The third kappa shape index (κ3) is 6.22. The van der Waals surface area contributed by atoms with E-state index in [-0.39, 0.29) is 41.1 Å². The van der Waals surface area contributed by atoms with E-state index in [1.807, 2.05) is 4.90 Å². The van der Waals surface area contributed by atoms with E-state index in [1.165, 1.54) is 17.0 Å². The number of alkyl halides is 3. The van der Waals surface area contributed by atoms with Crippen LogP contribution in [0.25, 0.3) is 0 Å². The van der Waals surface area contributed by atoms with Gasteiger partial charge in [0.2, 0.25) is 5.91 Å². The Morgan fingerprint density at radius 2 is 1.81 bits per heavy atom. The number of amides is 4. The fraction of sp³-hybridized carbons (Fsp3) is 0.417. The Bertz CT molecular complexity index is 1170. The average Bonchev–Trinajstić information content (AvgIpc) is 3.00. The lowest BCUT2D eigenvalue weighted by Crippen LogP contribution is -2.43. The number of halogens is 3. The number of benzene rings is 1. The summed E-state index contributed by atoms with van der Waals surface area (Å²) in [6.07, 6.45) is 3.15. The van der Waals surface area contributed by atoms with Crippen molar-refractivity contribution in [3.05, 3.63) is 48.3 Å². The molecular formula is C24H26F3N5O4S. The number of carbonyl (C=O) groups excluding carboxylic acids is 3. The number of urea groups is 1. The van der Waals surface area contributed by atoms with Gasteiger partial charge in [-0.2, -0.15) is 13.2 Å². The van der Waals surface area contributed by atoms with Gasteiger partial charge in [-0.05, 0) is 61.5 Å². The molecule has 9 nitrogen and oxygen atoms in total. The predicted molar refractivity (Wildman–Crippen MR) is 131 cm³/mol. The van der Waals surface area contributed by atoms with E-state index in [9.17, 15) is 27.6 Å². The Labute approximate surface area is 215 Å². The van der Waals surface area contributed by atoms with Crippen molar-refractivity contribution in [3.63, 3.8) is 0 Å². The van der Waals surface area contributed by atoms with Gasteiger partial charge in [-0.3, -0.25) is 19.5 Å². The molecular weight excluding hydrogens is 511 g/mol. The SMILES string of the molecule is CC1(C)C(=O)N(c2ccc(SC(F)(F)F)c(NC(=O)CN3CCOCC3)c2)C(=O)N1Cc1ccncc1. The normalized spacial score (nSPS) is 18.4. The molecule has 2 saturated heterocycles. The highest BCUT2D eigenvalue weighted by atomic mass is 32.2. The fourth-order valence-electron chi connectivity index (χ4n) is 4.12. The number of hydrogen-bond donors (Lipinski definition) is 1. The first-order valence-corrected chi connectivity index (χ1v) is 12.3. The summed E-state index contributed by atoms with van der Waals surface area (Å²) in [4.78, 5) is 47.2. The summed E-state index contributed by atoms with van der Waals surface area (Å²) in [5, 5.41) is 2.53. The van der Waals surface area contributed by atoms with Crippen molar-refractivity contribution < 1.29 is 32.3 Å². The lowest BCUT2D eigenvalue weighted by Gasteiger charge is -2.27. The molecule has 0 spiro atoms. The van der Waals surface area contributed by atoms with E-state index >= 15 is 0 Å². The lowest BCUT2D eigenvalue weighted by atomic mass is 10.0. The molecule has 2 fully saturated rings. The molecule has 0 bridgehead atoms. The highest BCUT2D eigenvalue weighted by Crippen LogP contribution is 2.43. The second kappa shape index (κ2) is 10.7. The monoisotopic (exact) mass is 537 g/mol. The van der Waals surface area contributed by atoms with E-state index in [0.29, 0.717) is 26.3 Å². The molecule has 0 radical (unpaired) electrons. The van der Waals surface area contributed by atoms with Crippen LogP contribution in [-0.4, -0.2) is 76.5 Å². The molecule has 0 saturated carbocycles. The number of imide groups is 1. The number of morpholine rings is 1. The van der Waals surface area contributed by atoms with Crippen LogP contribution in [0.3, 0.4) is 0 Å². The van der Waals surface area contributed by atoms with Gasteiger partial charge in [-0.25, -0.2) is 9.69 Å². The lowest BCUT2D eigenvalue weighted by molar-refractivity contribution is -0.123. The van der Waals surface area contributed by atoms with Crippen molar-refractivity contribution in [1.82, 2.24) is 14.8 Å². The van der Waals surface area contributed by atoms with Gasteiger partial charge in [0.25, 0.3) is 5.91 Å². The first-order chi connectivity index (χ1) is 17.5.